The first-order chi connectivity index (χ1) is 10.1. The molecule has 0 spiro atoms. The zero-order valence-corrected chi connectivity index (χ0v) is 13.8. The maximum atomic E-state index is 14.0. The molecule has 21 heavy (non-hydrogen) atoms. The van der Waals surface area contributed by atoms with Gasteiger partial charge in [0.25, 0.3) is 0 Å². The Labute approximate surface area is 132 Å². The van der Waals surface area contributed by atoms with Gasteiger partial charge in [0.15, 0.2) is 0 Å². The highest BCUT2D eigenvalue weighted by molar-refractivity contribution is 9.10. The smallest absolute Gasteiger partial charge is 0.128 e. The molecule has 1 atom stereocenters. The van der Waals surface area contributed by atoms with Crippen molar-refractivity contribution in [3.05, 3.63) is 51.5 Å². The average molecular weight is 355 g/mol. The van der Waals surface area contributed by atoms with Gasteiger partial charge < -0.3 is 0 Å². The van der Waals surface area contributed by atoms with Crippen molar-refractivity contribution in [1.82, 2.24) is 15.2 Å². The zero-order valence-electron chi connectivity index (χ0n) is 12.2. The molecule has 0 saturated heterocycles. The number of aryl methyl sites for hydroxylation is 2. The highest BCUT2D eigenvalue weighted by Crippen LogP contribution is 2.28. The van der Waals surface area contributed by atoms with E-state index < -0.39 is 0 Å². The molecule has 114 valence electrons. The van der Waals surface area contributed by atoms with Crippen molar-refractivity contribution in [2.24, 2.45) is 5.84 Å². The van der Waals surface area contributed by atoms with Gasteiger partial charge in [0.2, 0.25) is 0 Å². The monoisotopic (exact) mass is 354 g/mol. The first kappa shape index (κ1) is 16.1. The van der Waals surface area contributed by atoms with Gasteiger partial charge in [0.1, 0.15) is 5.82 Å². The van der Waals surface area contributed by atoms with E-state index in [0.29, 0.717) is 12.0 Å². The molecule has 2 aromatic rings. The van der Waals surface area contributed by atoms with Gasteiger partial charge in [-0.15, -0.1) is 0 Å². The minimum absolute atomic E-state index is 0.255. The Kier molecular flexibility index (Phi) is 5.50. The number of nitrogens with one attached hydrogen (secondary N) is 1. The van der Waals surface area contributed by atoms with Crippen molar-refractivity contribution in [1.29, 1.82) is 0 Å². The van der Waals surface area contributed by atoms with Gasteiger partial charge >= 0.3 is 0 Å². The molecule has 0 fully saturated rings. The van der Waals surface area contributed by atoms with Crippen LogP contribution in [0.15, 0.2) is 28.7 Å². The standard InChI is InChI=1S/C15H20BrFN4/c1-3-12-15(16)14(21(4-2)20-12)9-13(19-18)10-7-5-6-8-11(10)17/h5-8,13,19H,3-4,9,18H2,1-2H3. The Balaban J connectivity index is 2.35. The molecule has 1 aromatic carbocycles. The van der Waals surface area contributed by atoms with E-state index >= 15 is 0 Å². The number of hydrogen-bond donors (Lipinski definition) is 2. The third kappa shape index (κ3) is 3.33. The number of halogens is 2. The molecule has 1 unspecified atom stereocenters. The Morgan fingerprint density at radius 2 is 2.10 bits per heavy atom. The van der Waals surface area contributed by atoms with Crippen LogP contribution < -0.4 is 11.3 Å². The molecule has 1 aromatic heterocycles. The van der Waals surface area contributed by atoms with E-state index in [1.807, 2.05) is 17.7 Å². The summed E-state index contributed by atoms with van der Waals surface area (Å²) in [6.07, 6.45) is 1.42. The van der Waals surface area contributed by atoms with Gasteiger partial charge in [-0.3, -0.25) is 16.0 Å². The summed E-state index contributed by atoms with van der Waals surface area (Å²) in [7, 11) is 0. The topological polar surface area (TPSA) is 55.9 Å². The minimum atomic E-state index is -0.297. The van der Waals surface area contributed by atoms with Crippen molar-refractivity contribution in [2.75, 3.05) is 0 Å². The molecule has 0 aliphatic heterocycles. The molecule has 0 bridgehead atoms. The largest absolute Gasteiger partial charge is 0.271 e. The summed E-state index contributed by atoms with van der Waals surface area (Å²) in [5, 5.41) is 4.56. The summed E-state index contributed by atoms with van der Waals surface area (Å²) < 4.78 is 16.9. The van der Waals surface area contributed by atoms with Crippen molar-refractivity contribution in [2.45, 2.75) is 39.3 Å². The van der Waals surface area contributed by atoms with E-state index in [2.05, 4.69) is 33.4 Å². The van der Waals surface area contributed by atoms with Crippen LogP contribution in [-0.2, 0) is 19.4 Å². The van der Waals surface area contributed by atoms with Crippen LogP contribution in [0.25, 0.3) is 0 Å². The Morgan fingerprint density at radius 1 is 1.38 bits per heavy atom. The number of hydrogen-bond acceptors (Lipinski definition) is 3. The summed E-state index contributed by atoms with van der Waals surface area (Å²) >= 11 is 3.61. The van der Waals surface area contributed by atoms with E-state index in [0.717, 1.165) is 28.8 Å². The lowest BCUT2D eigenvalue weighted by Crippen LogP contribution is -2.31. The van der Waals surface area contributed by atoms with Gasteiger partial charge in [-0.05, 0) is 35.3 Å². The van der Waals surface area contributed by atoms with Gasteiger partial charge in [-0.1, -0.05) is 25.1 Å². The maximum Gasteiger partial charge on any atom is 0.128 e. The van der Waals surface area contributed by atoms with Crippen LogP contribution in [0.3, 0.4) is 0 Å². The van der Waals surface area contributed by atoms with Crippen molar-refractivity contribution in [3.8, 4) is 0 Å². The number of nitrogens with two attached hydrogens (primary N) is 1. The lowest BCUT2D eigenvalue weighted by Gasteiger charge is -2.18. The molecule has 4 nitrogen and oxygen atoms in total. The van der Waals surface area contributed by atoms with Gasteiger partial charge in [0.05, 0.1) is 21.9 Å². The molecule has 3 N–H and O–H groups in total. The van der Waals surface area contributed by atoms with Crippen LogP contribution in [0.2, 0.25) is 0 Å². The Bertz CT molecular complexity index is 612. The summed E-state index contributed by atoms with van der Waals surface area (Å²) in [6, 6.07) is 6.39. The fourth-order valence-electron chi connectivity index (χ4n) is 2.42. The van der Waals surface area contributed by atoms with Crippen LogP contribution in [0.4, 0.5) is 4.39 Å². The van der Waals surface area contributed by atoms with Gasteiger partial charge in [-0.25, -0.2) is 4.39 Å². The molecule has 0 aliphatic rings. The van der Waals surface area contributed by atoms with Crippen LogP contribution >= 0.6 is 15.9 Å². The SMILES string of the molecule is CCc1nn(CC)c(CC(NN)c2ccccc2F)c1Br. The quantitative estimate of drug-likeness (QED) is 0.618. The summed E-state index contributed by atoms with van der Waals surface area (Å²) in [5.41, 5.74) is 5.31. The van der Waals surface area contributed by atoms with Crippen LogP contribution in [0, 0.1) is 5.82 Å². The average Bonchev–Trinajstić information content (AvgIpc) is 2.81. The number of aromatic nitrogens is 2. The lowest BCUT2D eigenvalue weighted by molar-refractivity contribution is 0.489. The molecule has 0 saturated carbocycles. The predicted octanol–water partition coefficient (Wildman–Crippen LogP) is 3.11. The maximum absolute atomic E-state index is 14.0. The molecule has 0 amide bonds. The third-order valence-corrected chi connectivity index (χ3v) is 4.49. The number of benzene rings is 1. The normalized spacial score (nSPS) is 12.6. The first-order valence-corrected chi connectivity index (χ1v) is 7.86. The molecule has 6 heteroatoms. The first-order valence-electron chi connectivity index (χ1n) is 7.06. The van der Waals surface area contributed by atoms with E-state index in [1.165, 1.54) is 6.07 Å². The highest BCUT2D eigenvalue weighted by atomic mass is 79.9. The second-order valence-electron chi connectivity index (χ2n) is 4.82. The molecule has 0 aliphatic carbocycles. The summed E-state index contributed by atoms with van der Waals surface area (Å²) in [5.74, 6) is 5.39. The van der Waals surface area contributed by atoms with E-state index in [4.69, 9.17) is 5.84 Å². The Hall–Kier alpha value is -1.24. The number of nitrogens with zero attached hydrogens (tertiary/aromatic N) is 2. The van der Waals surface area contributed by atoms with Gasteiger partial charge in [-0.2, -0.15) is 5.10 Å². The summed E-state index contributed by atoms with van der Waals surface area (Å²) in [6.45, 7) is 4.87. The van der Waals surface area contributed by atoms with E-state index in [-0.39, 0.29) is 11.9 Å². The molecular formula is C15H20BrFN4. The lowest BCUT2D eigenvalue weighted by atomic mass is 10.0. The van der Waals surface area contributed by atoms with Crippen molar-refractivity contribution >= 4 is 15.9 Å². The fraction of sp³-hybridized carbons (Fsp3) is 0.400. The van der Waals surface area contributed by atoms with Crippen molar-refractivity contribution < 1.29 is 4.39 Å². The summed E-state index contributed by atoms with van der Waals surface area (Å²) in [4.78, 5) is 0. The van der Waals surface area contributed by atoms with Crippen LogP contribution in [0.5, 0.6) is 0 Å². The number of hydrazine groups is 1. The molecule has 0 radical (unpaired) electrons. The third-order valence-electron chi connectivity index (χ3n) is 3.57. The van der Waals surface area contributed by atoms with Crippen LogP contribution in [-0.4, -0.2) is 9.78 Å². The van der Waals surface area contributed by atoms with Crippen LogP contribution in [0.1, 0.15) is 36.8 Å². The number of rotatable bonds is 6. The fourth-order valence-corrected chi connectivity index (χ4v) is 3.15. The van der Waals surface area contributed by atoms with Crippen molar-refractivity contribution in [3.63, 3.8) is 0 Å². The molecule has 2 rings (SSSR count). The second kappa shape index (κ2) is 7.15. The second-order valence-corrected chi connectivity index (χ2v) is 5.61. The van der Waals surface area contributed by atoms with E-state index in [1.54, 1.807) is 12.1 Å². The highest BCUT2D eigenvalue weighted by Gasteiger charge is 2.20. The molecule has 1 heterocycles. The molecular weight excluding hydrogens is 335 g/mol. The Morgan fingerprint density at radius 3 is 2.67 bits per heavy atom. The zero-order chi connectivity index (χ0) is 15.4. The van der Waals surface area contributed by atoms with Gasteiger partial charge in [0, 0.05) is 18.5 Å². The predicted molar refractivity (Wildman–Crippen MR) is 85.1 cm³/mol. The minimum Gasteiger partial charge on any atom is -0.271 e. The van der Waals surface area contributed by atoms with E-state index in [9.17, 15) is 4.39 Å².